The van der Waals surface area contributed by atoms with Gasteiger partial charge in [-0.1, -0.05) is 29.8 Å². The van der Waals surface area contributed by atoms with Gasteiger partial charge in [-0.25, -0.2) is 4.98 Å². The zero-order valence-electron chi connectivity index (χ0n) is 10.9. The van der Waals surface area contributed by atoms with Crippen LogP contribution in [0.3, 0.4) is 0 Å². The van der Waals surface area contributed by atoms with Gasteiger partial charge in [0.1, 0.15) is 5.15 Å². The number of nitrogen functional groups attached to an aromatic ring is 1. The molecule has 0 aliphatic carbocycles. The quantitative estimate of drug-likeness (QED) is 0.712. The van der Waals surface area contributed by atoms with Crippen molar-refractivity contribution in [1.82, 2.24) is 9.97 Å². The molecule has 0 bridgehead atoms. The Hall–Kier alpha value is -2.66. The van der Waals surface area contributed by atoms with Gasteiger partial charge < -0.3 is 11.1 Å². The Kier molecular flexibility index (Phi) is 3.41. The van der Waals surface area contributed by atoms with Gasteiger partial charge in [0.2, 0.25) is 0 Å². The van der Waals surface area contributed by atoms with Gasteiger partial charge >= 0.3 is 0 Å². The molecule has 0 aliphatic rings. The predicted octanol–water partition coefficient (Wildman–Crippen LogP) is 3.12. The second kappa shape index (κ2) is 5.38. The van der Waals surface area contributed by atoms with Gasteiger partial charge in [-0.15, -0.1) is 0 Å². The van der Waals surface area contributed by atoms with Crippen molar-refractivity contribution in [3.8, 4) is 0 Å². The van der Waals surface area contributed by atoms with Crippen molar-refractivity contribution < 1.29 is 4.79 Å². The Balaban J connectivity index is 1.99. The molecule has 3 N–H and O–H groups in total. The molecular formula is C15H11ClN4O. The third-order valence-corrected chi connectivity index (χ3v) is 3.23. The lowest BCUT2D eigenvalue weighted by Gasteiger charge is -2.09. The van der Waals surface area contributed by atoms with Gasteiger partial charge in [-0.05, 0) is 18.2 Å². The lowest BCUT2D eigenvalue weighted by atomic mass is 10.1. The molecule has 5 nitrogen and oxygen atoms in total. The maximum Gasteiger partial charge on any atom is 0.257 e. The number of aromatic nitrogens is 2. The van der Waals surface area contributed by atoms with E-state index in [4.69, 9.17) is 17.3 Å². The first kappa shape index (κ1) is 13.3. The summed E-state index contributed by atoms with van der Waals surface area (Å²) in [5.41, 5.74) is 7.64. The van der Waals surface area contributed by atoms with Gasteiger partial charge in [0, 0.05) is 11.6 Å². The van der Waals surface area contributed by atoms with Gasteiger partial charge in [0.25, 0.3) is 5.91 Å². The summed E-state index contributed by atoms with van der Waals surface area (Å²) < 4.78 is 0. The number of para-hydroxylation sites is 1. The van der Waals surface area contributed by atoms with Crippen molar-refractivity contribution in [3.05, 3.63) is 59.5 Å². The number of rotatable bonds is 2. The molecule has 0 fully saturated rings. The van der Waals surface area contributed by atoms with Crippen LogP contribution < -0.4 is 11.1 Å². The number of amides is 1. The number of anilines is 2. The van der Waals surface area contributed by atoms with E-state index in [1.54, 1.807) is 12.3 Å². The summed E-state index contributed by atoms with van der Waals surface area (Å²) in [7, 11) is 0. The van der Waals surface area contributed by atoms with E-state index in [1.807, 2.05) is 24.3 Å². The van der Waals surface area contributed by atoms with Crippen molar-refractivity contribution in [3.63, 3.8) is 0 Å². The first-order valence-electron chi connectivity index (χ1n) is 6.21. The zero-order chi connectivity index (χ0) is 14.8. The minimum Gasteiger partial charge on any atom is -0.397 e. The smallest absolute Gasteiger partial charge is 0.257 e. The van der Waals surface area contributed by atoms with Crippen molar-refractivity contribution in [2.24, 2.45) is 0 Å². The summed E-state index contributed by atoms with van der Waals surface area (Å²) in [6.45, 7) is 0. The number of hydrogen-bond acceptors (Lipinski definition) is 4. The number of pyridine rings is 2. The molecule has 0 spiro atoms. The number of nitrogens with zero attached hydrogens (tertiary/aromatic N) is 2. The largest absolute Gasteiger partial charge is 0.397 e. The van der Waals surface area contributed by atoms with E-state index in [9.17, 15) is 4.79 Å². The minimum absolute atomic E-state index is 0.213. The average molecular weight is 299 g/mol. The van der Waals surface area contributed by atoms with E-state index in [-0.39, 0.29) is 22.3 Å². The fourth-order valence-electron chi connectivity index (χ4n) is 2.03. The van der Waals surface area contributed by atoms with Crippen molar-refractivity contribution in [2.75, 3.05) is 11.1 Å². The van der Waals surface area contributed by atoms with E-state index < -0.39 is 0 Å². The molecule has 3 aromatic rings. The number of carbonyl (C=O) groups excluding carboxylic acids is 1. The highest BCUT2D eigenvalue weighted by atomic mass is 35.5. The van der Waals surface area contributed by atoms with Gasteiger partial charge in [0.05, 0.1) is 28.7 Å². The number of carbonyl (C=O) groups is 1. The summed E-state index contributed by atoms with van der Waals surface area (Å²) in [6.07, 6.45) is 3.04. The zero-order valence-corrected chi connectivity index (χ0v) is 11.6. The first-order valence-corrected chi connectivity index (χ1v) is 6.59. The second-order valence-corrected chi connectivity index (χ2v) is 4.82. The molecule has 0 saturated carbocycles. The average Bonchev–Trinajstić information content (AvgIpc) is 2.50. The van der Waals surface area contributed by atoms with Crippen LogP contribution in [-0.2, 0) is 0 Å². The molecule has 3 rings (SSSR count). The number of fused-ring (bicyclic) bond motifs is 1. The van der Waals surface area contributed by atoms with E-state index in [0.717, 1.165) is 5.39 Å². The number of hydrogen-bond donors (Lipinski definition) is 2. The normalized spacial score (nSPS) is 10.5. The molecule has 6 heteroatoms. The molecule has 0 atom stereocenters. The molecule has 0 saturated heterocycles. The summed E-state index contributed by atoms with van der Waals surface area (Å²) in [5.74, 6) is -0.352. The molecule has 0 unspecified atom stereocenters. The highest BCUT2D eigenvalue weighted by Gasteiger charge is 2.13. The maximum atomic E-state index is 12.3. The maximum absolute atomic E-state index is 12.3. The number of halogens is 1. The number of nitrogens with one attached hydrogen (secondary N) is 1. The molecule has 1 aromatic carbocycles. The Bertz CT molecular complexity index is 830. The van der Waals surface area contributed by atoms with Crippen molar-refractivity contribution >= 4 is 39.8 Å². The van der Waals surface area contributed by atoms with Crippen LogP contribution in [0.5, 0.6) is 0 Å². The van der Waals surface area contributed by atoms with Crippen LogP contribution in [0.1, 0.15) is 10.4 Å². The Labute approximate surface area is 125 Å². The van der Waals surface area contributed by atoms with Crippen LogP contribution in [0, 0.1) is 0 Å². The molecular weight excluding hydrogens is 288 g/mol. The van der Waals surface area contributed by atoms with Crippen LogP contribution in [0.25, 0.3) is 10.9 Å². The van der Waals surface area contributed by atoms with E-state index in [2.05, 4.69) is 15.3 Å². The molecule has 21 heavy (non-hydrogen) atoms. The van der Waals surface area contributed by atoms with E-state index >= 15 is 0 Å². The summed E-state index contributed by atoms with van der Waals surface area (Å²) in [5, 5.41) is 3.96. The van der Waals surface area contributed by atoms with Crippen molar-refractivity contribution in [1.29, 1.82) is 0 Å². The summed E-state index contributed by atoms with van der Waals surface area (Å²) >= 11 is 5.80. The van der Waals surface area contributed by atoms with Crippen molar-refractivity contribution in [2.45, 2.75) is 0 Å². The highest BCUT2D eigenvalue weighted by molar-refractivity contribution is 6.30. The highest BCUT2D eigenvalue weighted by Crippen LogP contribution is 2.22. The van der Waals surface area contributed by atoms with Crippen LogP contribution in [0.4, 0.5) is 11.4 Å². The molecule has 2 heterocycles. The third-order valence-electron chi connectivity index (χ3n) is 3.03. The number of nitrogens with two attached hydrogens (primary N) is 1. The second-order valence-electron chi connectivity index (χ2n) is 4.43. The summed E-state index contributed by atoms with van der Waals surface area (Å²) in [4.78, 5) is 20.4. The van der Waals surface area contributed by atoms with Crippen LogP contribution >= 0.6 is 11.6 Å². The van der Waals surface area contributed by atoms with Crippen LogP contribution in [0.2, 0.25) is 5.15 Å². The minimum atomic E-state index is -0.352. The standard InChI is InChI=1S/C15H11ClN4O/c16-13-7-10(11(17)8-19-13)15(21)20-12-5-1-3-9-4-2-6-18-14(9)12/h1-8H,17H2,(H,20,21). The van der Waals surface area contributed by atoms with Gasteiger partial charge in [-0.3, -0.25) is 9.78 Å². The fraction of sp³-hybridized carbons (Fsp3) is 0. The Morgan fingerprint density at radius 1 is 1.19 bits per heavy atom. The molecule has 1 amide bonds. The lowest BCUT2D eigenvalue weighted by molar-refractivity contribution is 0.102. The first-order chi connectivity index (χ1) is 10.1. The van der Waals surface area contributed by atoms with Gasteiger partial charge in [-0.2, -0.15) is 0 Å². The number of benzene rings is 1. The fourth-order valence-corrected chi connectivity index (χ4v) is 2.19. The molecule has 2 aromatic heterocycles. The molecule has 0 aliphatic heterocycles. The Morgan fingerprint density at radius 3 is 2.86 bits per heavy atom. The topological polar surface area (TPSA) is 80.9 Å². The van der Waals surface area contributed by atoms with Crippen LogP contribution in [0.15, 0.2) is 48.8 Å². The Morgan fingerprint density at radius 2 is 2.00 bits per heavy atom. The molecule has 104 valence electrons. The monoisotopic (exact) mass is 298 g/mol. The van der Waals surface area contributed by atoms with E-state index in [1.165, 1.54) is 12.3 Å². The van der Waals surface area contributed by atoms with E-state index in [0.29, 0.717) is 11.2 Å². The SMILES string of the molecule is Nc1cnc(Cl)cc1C(=O)Nc1cccc2cccnc12. The van der Waals surface area contributed by atoms with Crippen LogP contribution in [-0.4, -0.2) is 15.9 Å². The third kappa shape index (κ3) is 2.64. The lowest BCUT2D eigenvalue weighted by Crippen LogP contribution is -2.14. The molecule has 0 radical (unpaired) electrons. The predicted molar refractivity (Wildman–Crippen MR) is 83.4 cm³/mol. The summed E-state index contributed by atoms with van der Waals surface area (Å²) in [6, 6.07) is 10.8. The van der Waals surface area contributed by atoms with Gasteiger partial charge in [0.15, 0.2) is 0 Å².